The molecule has 2 heteroatoms. The van der Waals surface area contributed by atoms with Gasteiger partial charge in [0.2, 0.25) is 0 Å². The number of aromatic nitrogens is 2. The maximum absolute atomic E-state index is 4.34. The maximum atomic E-state index is 4.34. The summed E-state index contributed by atoms with van der Waals surface area (Å²) >= 11 is 0. The normalized spacial score (nSPS) is 12.8. The number of H-pyrrole nitrogens is 1. The van der Waals surface area contributed by atoms with Crippen LogP contribution in [0, 0.1) is 13.8 Å². The topological polar surface area (TPSA) is 28.7 Å². The molecule has 0 saturated heterocycles. The first-order chi connectivity index (χ1) is 8.75. The summed E-state index contributed by atoms with van der Waals surface area (Å²) in [6.45, 7) is 6.26. The van der Waals surface area contributed by atoms with Crippen molar-refractivity contribution in [3.63, 3.8) is 0 Å². The van der Waals surface area contributed by atoms with Crippen molar-refractivity contribution in [3.05, 3.63) is 72.5 Å². The van der Waals surface area contributed by atoms with E-state index in [9.17, 15) is 0 Å². The fourth-order valence-electron chi connectivity index (χ4n) is 2.25. The molecule has 0 spiro atoms. The monoisotopic (exact) mass is 235 g/mol. The van der Waals surface area contributed by atoms with E-state index >= 15 is 0 Å². The Kier molecular flexibility index (Phi) is 2.63. The predicted molar refractivity (Wildman–Crippen MR) is 74.5 cm³/mol. The molecule has 1 unspecified atom stereocenters. The molecule has 1 radical (unpaired) electrons. The number of hydrogen-bond acceptors (Lipinski definition) is 1. The van der Waals surface area contributed by atoms with E-state index in [1.807, 2.05) is 31.5 Å². The molecule has 0 bridgehead atoms. The summed E-state index contributed by atoms with van der Waals surface area (Å²) in [4.78, 5) is 7.63. The van der Waals surface area contributed by atoms with E-state index in [4.69, 9.17) is 0 Å². The minimum absolute atomic E-state index is 0.106. The van der Waals surface area contributed by atoms with Gasteiger partial charge in [0.05, 0.1) is 0 Å². The van der Waals surface area contributed by atoms with Crippen molar-refractivity contribution in [1.29, 1.82) is 0 Å². The molecule has 18 heavy (non-hydrogen) atoms. The van der Waals surface area contributed by atoms with Crippen LogP contribution in [0.1, 0.15) is 22.7 Å². The van der Waals surface area contributed by atoms with Gasteiger partial charge in [0, 0.05) is 34.9 Å². The van der Waals surface area contributed by atoms with Crippen molar-refractivity contribution in [2.24, 2.45) is 0 Å². The van der Waals surface area contributed by atoms with Crippen LogP contribution in [0.15, 0.2) is 48.8 Å². The lowest BCUT2D eigenvalue weighted by Crippen LogP contribution is -1.96. The highest BCUT2D eigenvalue weighted by Crippen LogP contribution is 2.29. The first-order valence-corrected chi connectivity index (χ1v) is 6.07. The molecule has 89 valence electrons. The van der Waals surface area contributed by atoms with E-state index in [1.54, 1.807) is 0 Å². The molecular formula is C16H15N2. The number of fused-ring (bicyclic) bond motifs is 1. The van der Waals surface area contributed by atoms with Crippen LogP contribution in [0.5, 0.6) is 0 Å². The highest BCUT2D eigenvalue weighted by Gasteiger charge is 2.13. The highest BCUT2D eigenvalue weighted by atomic mass is 14.7. The van der Waals surface area contributed by atoms with Crippen LogP contribution in [-0.4, -0.2) is 9.97 Å². The Balaban J connectivity index is 2.06. The molecule has 0 aliphatic rings. The van der Waals surface area contributed by atoms with Gasteiger partial charge in [-0.15, -0.1) is 0 Å². The molecule has 0 saturated carbocycles. The zero-order valence-corrected chi connectivity index (χ0v) is 10.4. The van der Waals surface area contributed by atoms with Crippen molar-refractivity contribution in [2.45, 2.75) is 12.8 Å². The minimum atomic E-state index is 0.106. The summed E-state index contributed by atoms with van der Waals surface area (Å²) in [5.41, 5.74) is 4.55. The molecule has 0 amide bonds. The third-order valence-corrected chi connectivity index (χ3v) is 3.33. The van der Waals surface area contributed by atoms with E-state index in [2.05, 4.69) is 41.2 Å². The third-order valence-electron chi connectivity index (χ3n) is 3.33. The quantitative estimate of drug-likeness (QED) is 0.718. The SMILES string of the molecule is [CH2]C(c1ccc(C)nc1)c1c[nH]c2ccccc12. The molecule has 0 aliphatic carbocycles. The summed E-state index contributed by atoms with van der Waals surface area (Å²) in [6, 6.07) is 12.4. The summed E-state index contributed by atoms with van der Waals surface area (Å²) < 4.78 is 0. The Morgan fingerprint density at radius 2 is 2.00 bits per heavy atom. The molecule has 1 aromatic carbocycles. The van der Waals surface area contributed by atoms with Crippen molar-refractivity contribution in [2.75, 3.05) is 0 Å². The molecular weight excluding hydrogens is 220 g/mol. The lowest BCUT2D eigenvalue weighted by molar-refractivity contribution is 1.00. The van der Waals surface area contributed by atoms with E-state index in [0.29, 0.717) is 0 Å². The highest BCUT2D eigenvalue weighted by molar-refractivity contribution is 5.84. The number of rotatable bonds is 2. The van der Waals surface area contributed by atoms with Gasteiger partial charge in [-0.05, 0) is 37.1 Å². The number of benzene rings is 1. The van der Waals surface area contributed by atoms with Crippen LogP contribution in [-0.2, 0) is 0 Å². The molecule has 0 fully saturated rings. The Bertz CT molecular complexity index is 665. The van der Waals surface area contributed by atoms with Crippen molar-refractivity contribution in [1.82, 2.24) is 9.97 Å². The Hall–Kier alpha value is -2.09. The van der Waals surface area contributed by atoms with Gasteiger partial charge in [-0.1, -0.05) is 24.3 Å². The molecule has 2 nitrogen and oxygen atoms in total. The van der Waals surface area contributed by atoms with Gasteiger partial charge in [-0.25, -0.2) is 0 Å². The molecule has 1 N–H and O–H groups in total. The molecule has 3 rings (SSSR count). The van der Waals surface area contributed by atoms with Crippen LogP contribution < -0.4 is 0 Å². The van der Waals surface area contributed by atoms with Crippen LogP contribution in [0.4, 0.5) is 0 Å². The van der Waals surface area contributed by atoms with Crippen LogP contribution >= 0.6 is 0 Å². The zero-order valence-electron chi connectivity index (χ0n) is 10.4. The summed E-state index contributed by atoms with van der Waals surface area (Å²) in [7, 11) is 0. The second-order valence-electron chi connectivity index (χ2n) is 4.58. The van der Waals surface area contributed by atoms with Gasteiger partial charge in [0.15, 0.2) is 0 Å². The average Bonchev–Trinajstić information content (AvgIpc) is 2.82. The smallest absolute Gasteiger partial charge is 0.0457 e. The van der Waals surface area contributed by atoms with Gasteiger partial charge in [-0.2, -0.15) is 0 Å². The minimum Gasteiger partial charge on any atom is -0.361 e. The number of para-hydroxylation sites is 1. The summed E-state index contributed by atoms with van der Waals surface area (Å²) in [5.74, 6) is 0.106. The largest absolute Gasteiger partial charge is 0.361 e. The van der Waals surface area contributed by atoms with Gasteiger partial charge < -0.3 is 4.98 Å². The Morgan fingerprint density at radius 3 is 2.78 bits per heavy atom. The number of aryl methyl sites for hydroxylation is 1. The summed E-state index contributed by atoms with van der Waals surface area (Å²) in [6.07, 6.45) is 3.96. The molecule has 2 aromatic heterocycles. The molecule has 0 aliphatic heterocycles. The van der Waals surface area contributed by atoms with E-state index in [0.717, 1.165) is 16.8 Å². The third kappa shape index (κ3) is 1.80. The molecule has 3 aromatic rings. The van der Waals surface area contributed by atoms with Crippen molar-refractivity contribution in [3.8, 4) is 0 Å². The standard InChI is InChI=1S/C16H15N2/c1-11-7-8-13(9-17-11)12(2)15-10-18-16-6-4-3-5-14(15)16/h3-10,12,18H,2H2,1H3. The van der Waals surface area contributed by atoms with Crippen LogP contribution in [0.3, 0.4) is 0 Å². The number of aromatic amines is 1. The van der Waals surface area contributed by atoms with Gasteiger partial charge >= 0.3 is 0 Å². The lowest BCUT2D eigenvalue weighted by Gasteiger charge is -2.10. The lowest BCUT2D eigenvalue weighted by atomic mass is 9.94. The number of pyridine rings is 1. The second-order valence-corrected chi connectivity index (χ2v) is 4.58. The zero-order chi connectivity index (χ0) is 12.5. The fraction of sp³-hybridized carbons (Fsp3) is 0.125. The van der Waals surface area contributed by atoms with Gasteiger partial charge in [-0.3, -0.25) is 4.98 Å². The predicted octanol–water partition coefficient (Wildman–Crippen LogP) is 3.84. The van der Waals surface area contributed by atoms with E-state index in [1.165, 1.54) is 10.9 Å². The van der Waals surface area contributed by atoms with Crippen molar-refractivity contribution < 1.29 is 0 Å². The summed E-state index contributed by atoms with van der Waals surface area (Å²) in [5, 5.41) is 1.23. The first-order valence-electron chi connectivity index (χ1n) is 6.07. The first kappa shape index (κ1) is 11.0. The molecule has 1 atom stereocenters. The van der Waals surface area contributed by atoms with Crippen LogP contribution in [0.25, 0.3) is 10.9 Å². The Morgan fingerprint density at radius 1 is 1.17 bits per heavy atom. The maximum Gasteiger partial charge on any atom is 0.0457 e. The average molecular weight is 235 g/mol. The number of nitrogens with one attached hydrogen (secondary N) is 1. The number of hydrogen-bond donors (Lipinski definition) is 1. The molecule has 2 heterocycles. The fourth-order valence-corrected chi connectivity index (χ4v) is 2.25. The van der Waals surface area contributed by atoms with Gasteiger partial charge in [0.1, 0.15) is 0 Å². The second kappa shape index (κ2) is 4.30. The van der Waals surface area contributed by atoms with E-state index in [-0.39, 0.29) is 5.92 Å². The van der Waals surface area contributed by atoms with Gasteiger partial charge in [0.25, 0.3) is 0 Å². The number of nitrogens with zero attached hydrogens (tertiary/aromatic N) is 1. The van der Waals surface area contributed by atoms with Crippen LogP contribution in [0.2, 0.25) is 0 Å². The van der Waals surface area contributed by atoms with E-state index < -0.39 is 0 Å². The van der Waals surface area contributed by atoms with Crippen molar-refractivity contribution >= 4 is 10.9 Å². The Labute approximate surface area is 107 Å².